The van der Waals surface area contributed by atoms with E-state index < -0.39 is 0 Å². The first-order valence-electron chi connectivity index (χ1n) is 8.34. The highest BCUT2D eigenvalue weighted by molar-refractivity contribution is 5.07. The first-order valence-corrected chi connectivity index (χ1v) is 8.34. The lowest BCUT2D eigenvalue weighted by atomic mass is 9.99. The summed E-state index contributed by atoms with van der Waals surface area (Å²) in [7, 11) is 0. The topological polar surface area (TPSA) is 42.3 Å². The van der Waals surface area contributed by atoms with Crippen molar-refractivity contribution in [3.63, 3.8) is 0 Å². The van der Waals surface area contributed by atoms with Crippen LogP contribution < -0.4 is 5.32 Å². The molecule has 1 N–H and O–H groups in total. The molecule has 3 rings (SSSR count). The van der Waals surface area contributed by atoms with Crippen LogP contribution in [0.15, 0.2) is 0 Å². The third-order valence-corrected chi connectivity index (χ3v) is 5.16. The first-order chi connectivity index (χ1) is 9.68. The molecule has 4 nitrogen and oxygen atoms in total. The maximum absolute atomic E-state index is 9.46. The molecule has 3 fully saturated rings. The molecule has 0 aromatic heterocycles. The summed E-state index contributed by atoms with van der Waals surface area (Å²) in [6.45, 7) is 8.14. The minimum Gasteiger partial charge on any atom is -0.302 e. The van der Waals surface area contributed by atoms with E-state index in [9.17, 15) is 5.26 Å². The van der Waals surface area contributed by atoms with Crippen molar-refractivity contribution in [2.45, 2.75) is 63.1 Å². The lowest BCUT2D eigenvalue weighted by molar-refractivity contribution is 0.208. The minimum absolute atomic E-state index is 0.331. The Morgan fingerprint density at radius 3 is 2.75 bits per heavy atom. The van der Waals surface area contributed by atoms with Crippen LogP contribution in [0.1, 0.15) is 45.4 Å². The van der Waals surface area contributed by atoms with E-state index in [0.29, 0.717) is 6.04 Å². The van der Waals surface area contributed by atoms with E-state index >= 15 is 0 Å². The molecule has 2 unspecified atom stereocenters. The Bertz CT molecular complexity index is 373. The van der Waals surface area contributed by atoms with Crippen LogP contribution in [-0.4, -0.2) is 60.1 Å². The number of nitrogens with one attached hydrogen (secondary N) is 1. The second-order valence-corrected chi connectivity index (χ2v) is 7.10. The molecule has 3 aliphatic rings. The van der Waals surface area contributed by atoms with Crippen molar-refractivity contribution in [2.24, 2.45) is 0 Å². The van der Waals surface area contributed by atoms with Gasteiger partial charge in [0, 0.05) is 25.2 Å². The normalized spacial score (nSPS) is 31.3. The number of nitriles is 1. The molecule has 1 aliphatic carbocycles. The summed E-state index contributed by atoms with van der Waals surface area (Å²) in [4.78, 5) is 5.27. The SMILES string of the molecule is CC(C#N)(CCN1CCCN2CCCC2C1)NC1CC1. The molecule has 0 radical (unpaired) electrons. The number of rotatable bonds is 5. The van der Waals surface area contributed by atoms with Crippen LogP contribution in [0.5, 0.6) is 0 Å². The van der Waals surface area contributed by atoms with Gasteiger partial charge in [0.2, 0.25) is 0 Å². The van der Waals surface area contributed by atoms with E-state index in [4.69, 9.17) is 0 Å². The Kier molecular flexibility index (Phi) is 4.30. The van der Waals surface area contributed by atoms with Gasteiger partial charge in [0.05, 0.1) is 6.07 Å². The second kappa shape index (κ2) is 6.01. The van der Waals surface area contributed by atoms with Gasteiger partial charge in [0.1, 0.15) is 5.54 Å². The lowest BCUT2D eigenvalue weighted by Crippen LogP contribution is -2.46. The van der Waals surface area contributed by atoms with Crippen LogP contribution in [0.2, 0.25) is 0 Å². The maximum Gasteiger partial charge on any atom is 0.105 e. The Labute approximate surface area is 123 Å². The van der Waals surface area contributed by atoms with Gasteiger partial charge in [-0.1, -0.05) is 0 Å². The van der Waals surface area contributed by atoms with Crippen LogP contribution in [0, 0.1) is 11.3 Å². The molecule has 0 amide bonds. The number of hydrogen-bond donors (Lipinski definition) is 1. The molecule has 1 saturated carbocycles. The average molecular weight is 276 g/mol. The predicted molar refractivity (Wildman–Crippen MR) is 80.4 cm³/mol. The van der Waals surface area contributed by atoms with E-state index in [1.165, 1.54) is 58.3 Å². The summed E-state index contributed by atoms with van der Waals surface area (Å²) in [6, 6.07) is 3.89. The van der Waals surface area contributed by atoms with E-state index in [2.05, 4.69) is 28.1 Å². The molecule has 2 heterocycles. The van der Waals surface area contributed by atoms with Crippen LogP contribution in [0.3, 0.4) is 0 Å². The Morgan fingerprint density at radius 2 is 2.00 bits per heavy atom. The van der Waals surface area contributed by atoms with Gasteiger partial charge in [0.25, 0.3) is 0 Å². The number of fused-ring (bicyclic) bond motifs is 1. The van der Waals surface area contributed by atoms with Gasteiger partial charge in [0.15, 0.2) is 0 Å². The monoisotopic (exact) mass is 276 g/mol. The van der Waals surface area contributed by atoms with Crippen molar-refractivity contribution in [1.82, 2.24) is 15.1 Å². The highest BCUT2D eigenvalue weighted by Crippen LogP contribution is 2.25. The molecule has 2 aliphatic heterocycles. The lowest BCUT2D eigenvalue weighted by Gasteiger charge is -2.29. The van der Waals surface area contributed by atoms with E-state index in [-0.39, 0.29) is 5.54 Å². The van der Waals surface area contributed by atoms with Crippen LogP contribution in [0.25, 0.3) is 0 Å². The molecule has 112 valence electrons. The molecule has 20 heavy (non-hydrogen) atoms. The maximum atomic E-state index is 9.46. The molecule has 0 spiro atoms. The summed E-state index contributed by atoms with van der Waals surface area (Å²) in [5.74, 6) is 0. The standard InChI is InChI=1S/C16H28N4/c1-16(13-17,18-14-5-6-14)7-11-19-8-3-10-20-9-2-4-15(20)12-19/h14-15,18H,2-12H2,1H3. The van der Waals surface area contributed by atoms with Crippen molar-refractivity contribution in [1.29, 1.82) is 5.26 Å². The molecule has 2 saturated heterocycles. The average Bonchev–Trinajstić information content (AvgIpc) is 3.19. The van der Waals surface area contributed by atoms with Crippen molar-refractivity contribution in [3.8, 4) is 6.07 Å². The molecule has 0 bridgehead atoms. The Hall–Kier alpha value is -0.630. The summed E-state index contributed by atoms with van der Waals surface area (Å²) < 4.78 is 0. The summed E-state index contributed by atoms with van der Waals surface area (Å²) in [5, 5.41) is 13.0. The van der Waals surface area contributed by atoms with Crippen molar-refractivity contribution in [3.05, 3.63) is 0 Å². The highest BCUT2D eigenvalue weighted by Gasteiger charge is 2.34. The van der Waals surface area contributed by atoms with E-state index in [1.807, 2.05) is 0 Å². The fourth-order valence-corrected chi connectivity index (χ4v) is 3.71. The number of hydrogen-bond acceptors (Lipinski definition) is 4. The van der Waals surface area contributed by atoms with Crippen LogP contribution >= 0.6 is 0 Å². The molecule has 0 aromatic carbocycles. The zero-order valence-electron chi connectivity index (χ0n) is 12.8. The molecule has 2 atom stereocenters. The smallest absolute Gasteiger partial charge is 0.105 e. The zero-order valence-corrected chi connectivity index (χ0v) is 12.8. The molecule has 0 aromatic rings. The second-order valence-electron chi connectivity index (χ2n) is 7.10. The molecular formula is C16H28N4. The predicted octanol–water partition coefficient (Wildman–Crippen LogP) is 1.58. The van der Waals surface area contributed by atoms with Crippen molar-refractivity contribution in [2.75, 3.05) is 32.7 Å². The van der Waals surface area contributed by atoms with E-state index in [0.717, 1.165) is 19.0 Å². The van der Waals surface area contributed by atoms with Gasteiger partial charge in [-0.05, 0) is 65.1 Å². The van der Waals surface area contributed by atoms with Crippen LogP contribution in [0.4, 0.5) is 0 Å². The van der Waals surface area contributed by atoms with E-state index in [1.54, 1.807) is 0 Å². The van der Waals surface area contributed by atoms with Crippen molar-refractivity contribution < 1.29 is 0 Å². The summed E-state index contributed by atoms with van der Waals surface area (Å²) in [6.07, 6.45) is 7.47. The highest BCUT2D eigenvalue weighted by atomic mass is 15.3. The first kappa shape index (κ1) is 14.3. The van der Waals surface area contributed by atoms with Crippen molar-refractivity contribution >= 4 is 0 Å². The molecule has 4 heteroatoms. The van der Waals surface area contributed by atoms with Crippen LogP contribution in [-0.2, 0) is 0 Å². The van der Waals surface area contributed by atoms with Gasteiger partial charge < -0.3 is 4.90 Å². The zero-order chi connectivity index (χ0) is 14.0. The Morgan fingerprint density at radius 1 is 1.20 bits per heavy atom. The third kappa shape index (κ3) is 3.52. The van der Waals surface area contributed by atoms with Gasteiger partial charge in [-0.2, -0.15) is 5.26 Å². The quantitative estimate of drug-likeness (QED) is 0.828. The Balaban J connectivity index is 1.50. The number of nitrogens with zero attached hydrogens (tertiary/aromatic N) is 3. The van der Waals surface area contributed by atoms with Gasteiger partial charge in [-0.25, -0.2) is 0 Å². The fraction of sp³-hybridized carbons (Fsp3) is 0.938. The fourth-order valence-electron chi connectivity index (χ4n) is 3.71. The van der Waals surface area contributed by atoms with Gasteiger partial charge in [-0.3, -0.25) is 10.2 Å². The third-order valence-electron chi connectivity index (χ3n) is 5.16. The molecular weight excluding hydrogens is 248 g/mol. The summed E-state index contributed by atoms with van der Waals surface area (Å²) >= 11 is 0. The summed E-state index contributed by atoms with van der Waals surface area (Å²) in [5.41, 5.74) is -0.331. The largest absolute Gasteiger partial charge is 0.302 e. The van der Waals surface area contributed by atoms with Gasteiger partial charge in [-0.15, -0.1) is 0 Å². The minimum atomic E-state index is -0.331. The van der Waals surface area contributed by atoms with Gasteiger partial charge >= 0.3 is 0 Å².